The summed E-state index contributed by atoms with van der Waals surface area (Å²) in [5, 5.41) is 0. The molecule has 16 rings (SSSR count). The van der Waals surface area contributed by atoms with E-state index in [1.807, 2.05) is 0 Å². The van der Waals surface area contributed by atoms with Gasteiger partial charge in [0.05, 0.1) is 0 Å². The fourth-order valence-electron chi connectivity index (χ4n) is 6.58. The van der Waals surface area contributed by atoms with Crippen molar-refractivity contribution in [2.24, 2.45) is 0 Å². The van der Waals surface area contributed by atoms with Crippen LogP contribution in [0.3, 0.4) is 0 Å². The number of hydrogen-bond donors (Lipinski definition) is 0. The largest absolute Gasteiger partial charge is 0.365 e. The quantitative estimate of drug-likeness (QED) is 0.233. The van der Waals surface area contributed by atoms with E-state index in [4.69, 9.17) is 9.47 Å². The van der Waals surface area contributed by atoms with Gasteiger partial charge in [-0.1, -0.05) is 121 Å². The molecule has 12 aliphatic carbocycles. The normalized spacial score (nSPS) is 28.7. The average Bonchev–Trinajstić information content (AvgIpc) is 3.06. The first kappa shape index (κ1) is 26.6. The fourth-order valence-corrected chi connectivity index (χ4v) is 6.58. The van der Waals surface area contributed by atoms with Crippen LogP contribution in [0.5, 0.6) is 0 Å². The molecule has 0 spiro atoms. The van der Waals surface area contributed by atoms with E-state index in [0.29, 0.717) is 0 Å². The number of allylic oxidation sites excluding steroid dienone is 4. The highest BCUT2D eigenvalue weighted by Crippen LogP contribution is 2.42. The van der Waals surface area contributed by atoms with Gasteiger partial charge < -0.3 is 9.47 Å². The summed E-state index contributed by atoms with van der Waals surface area (Å²) in [6.45, 7) is 4.57. The van der Waals surface area contributed by atoms with E-state index in [1.165, 1.54) is 33.4 Å². The summed E-state index contributed by atoms with van der Waals surface area (Å²) in [5.41, 5.74) is 7.82. The Bertz CT molecular complexity index is 1570. The summed E-state index contributed by atoms with van der Waals surface area (Å²) in [6, 6.07) is 35.3. The van der Waals surface area contributed by atoms with E-state index in [2.05, 4.69) is 160 Å². The molecule has 0 unspecified atom stereocenters. The molecule has 2 heteroatoms. The van der Waals surface area contributed by atoms with Crippen LogP contribution in [0.1, 0.15) is 36.1 Å². The second-order valence-corrected chi connectivity index (χ2v) is 12.2. The molecule has 0 amide bonds. The molecule has 0 fully saturated rings. The lowest BCUT2D eigenvalue weighted by atomic mass is 9.70. The van der Waals surface area contributed by atoms with Crippen LogP contribution in [0, 0.1) is 0 Å². The topological polar surface area (TPSA) is 18.5 Å². The van der Waals surface area contributed by atoms with Crippen LogP contribution < -0.4 is 0 Å². The van der Waals surface area contributed by atoms with Gasteiger partial charge in [0.2, 0.25) is 0 Å². The summed E-state index contributed by atoms with van der Waals surface area (Å²) in [7, 11) is 3.51. The first-order valence-electron chi connectivity index (χ1n) is 14.7. The Hall–Kier alpha value is -4.24. The molecule has 0 aliphatic heterocycles. The molecule has 12 bridgehead atoms. The third-order valence-electron chi connectivity index (χ3n) is 9.74. The van der Waals surface area contributed by atoms with E-state index >= 15 is 0 Å². The van der Waals surface area contributed by atoms with Crippen molar-refractivity contribution in [1.82, 2.24) is 0 Å². The minimum absolute atomic E-state index is 0.154. The Balaban J connectivity index is 1.36. The third kappa shape index (κ3) is 4.17. The second-order valence-electron chi connectivity index (χ2n) is 12.2. The van der Waals surface area contributed by atoms with E-state index in [9.17, 15) is 0 Å². The smallest absolute Gasteiger partial charge is 0.129 e. The highest BCUT2D eigenvalue weighted by atomic mass is 16.5. The Morgan fingerprint density at radius 2 is 0.571 bits per heavy atom. The third-order valence-corrected chi connectivity index (χ3v) is 9.74. The molecule has 4 aromatic rings. The summed E-state index contributed by atoms with van der Waals surface area (Å²) in [6.07, 6.45) is 17.9. The molecule has 2 nitrogen and oxygen atoms in total. The Labute approximate surface area is 249 Å². The van der Waals surface area contributed by atoms with Gasteiger partial charge in [-0.2, -0.15) is 0 Å². The SMILES string of the molecule is COC12C=C[C@](OC)(C=C1)c1ccc(cc1)-c1ccc(cc1)C1(C)C=C[C@@](C)(C=C1)c1ccc(cc1)-c1ccc2cc1. The average molecular weight is 549 g/mol. The highest BCUT2D eigenvalue weighted by molar-refractivity contribution is 5.67. The predicted octanol–water partition coefficient (Wildman–Crippen LogP) is 9.19. The van der Waals surface area contributed by atoms with Crippen LogP contribution in [0.2, 0.25) is 0 Å². The van der Waals surface area contributed by atoms with Gasteiger partial charge in [-0.3, -0.25) is 0 Å². The van der Waals surface area contributed by atoms with E-state index in [1.54, 1.807) is 14.2 Å². The van der Waals surface area contributed by atoms with Crippen molar-refractivity contribution >= 4 is 0 Å². The van der Waals surface area contributed by atoms with Gasteiger partial charge in [0.1, 0.15) is 11.2 Å². The predicted molar refractivity (Wildman–Crippen MR) is 172 cm³/mol. The minimum atomic E-state index is -0.664. The molecule has 0 atom stereocenters. The molecule has 0 saturated heterocycles. The number of benzene rings is 4. The lowest BCUT2D eigenvalue weighted by Gasteiger charge is -2.36. The maximum Gasteiger partial charge on any atom is 0.129 e. The zero-order valence-electron chi connectivity index (χ0n) is 24.7. The van der Waals surface area contributed by atoms with Crippen molar-refractivity contribution in [3.63, 3.8) is 0 Å². The number of methoxy groups -OCH3 is 2. The fraction of sp³-hybridized carbons (Fsp3) is 0.200. The van der Waals surface area contributed by atoms with Crippen molar-refractivity contribution < 1.29 is 9.47 Å². The van der Waals surface area contributed by atoms with E-state index in [0.717, 1.165) is 11.1 Å². The lowest BCUT2D eigenvalue weighted by Crippen LogP contribution is -2.33. The molecule has 0 saturated carbocycles. The van der Waals surface area contributed by atoms with Crippen molar-refractivity contribution in [3.8, 4) is 22.3 Å². The first-order chi connectivity index (χ1) is 20.3. The first-order valence-corrected chi connectivity index (χ1v) is 14.7. The number of rotatable bonds is 2. The van der Waals surface area contributed by atoms with Crippen molar-refractivity contribution in [1.29, 1.82) is 0 Å². The van der Waals surface area contributed by atoms with Gasteiger partial charge in [-0.25, -0.2) is 0 Å². The van der Waals surface area contributed by atoms with Crippen LogP contribution in [0.25, 0.3) is 22.3 Å². The molecule has 0 radical (unpaired) electrons. The zero-order valence-corrected chi connectivity index (χ0v) is 24.7. The van der Waals surface area contributed by atoms with Gasteiger partial charge in [0.25, 0.3) is 0 Å². The molecule has 42 heavy (non-hydrogen) atoms. The summed E-state index contributed by atoms with van der Waals surface area (Å²) in [4.78, 5) is 0. The molecule has 0 heterocycles. The summed E-state index contributed by atoms with van der Waals surface area (Å²) in [5.74, 6) is 0. The second kappa shape index (κ2) is 9.66. The number of ether oxygens (including phenoxy) is 2. The van der Waals surface area contributed by atoms with Crippen LogP contribution in [-0.4, -0.2) is 14.2 Å². The maximum absolute atomic E-state index is 6.12. The van der Waals surface area contributed by atoms with Crippen LogP contribution in [-0.2, 0) is 31.5 Å². The van der Waals surface area contributed by atoms with Gasteiger partial charge in [0, 0.05) is 25.0 Å². The minimum Gasteiger partial charge on any atom is -0.365 e. The van der Waals surface area contributed by atoms with E-state index < -0.39 is 11.2 Å². The van der Waals surface area contributed by atoms with Crippen LogP contribution in [0.4, 0.5) is 0 Å². The molecule has 12 aliphatic rings. The van der Waals surface area contributed by atoms with Gasteiger partial charge >= 0.3 is 0 Å². The molecule has 0 aromatic heterocycles. The van der Waals surface area contributed by atoms with E-state index in [-0.39, 0.29) is 10.8 Å². The Morgan fingerprint density at radius 1 is 0.333 bits per heavy atom. The van der Waals surface area contributed by atoms with Crippen LogP contribution >= 0.6 is 0 Å². The van der Waals surface area contributed by atoms with Gasteiger partial charge in [0.15, 0.2) is 0 Å². The van der Waals surface area contributed by atoms with Gasteiger partial charge in [-0.05, 0) is 82.7 Å². The highest BCUT2D eigenvalue weighted by Gasteiger charge is 2.36. The molecule has 208 valence electrons. The van der Waals surface area contributed by atoms with Crippen molar-refractivity contribution in [2.75, 3.05) is 14.2 Å². The lowest BCUT2D eigenvalue weighted by molar-refractivity contribution is 0.0422. The Morgan fingerprint density at radius 3 is 0.810 bits per heavy atom. The Kier molecular flexibility index (Phi) is 6.13. The molecule has 4 aromatic carbocycles. The summed E-state index contributed by atoms with van der Waals surface area (Å²) >= 11 is 0. The van der Waals surface area contributed by atoms with Crippen molar-refractivity contribution in [3.05, 3.63) is 168 Å². The maximum atomic E-state index is 6.12. The van der Waals surface area contributed by atoms with Gasteiger partial charge in [-0.15, -0.1) is 0 Å². The van der Waals surface area contributed by atoms with Crippen LogP contribution in [0.15, 0.2) is 146 Å². The van der Waals surface area contributed by atoms with Crippen molar-refractivity contribution in [2.45, 2.75) is 35.9 Å². The summed E-state index contributed by atoms with van der Waals surface area (Å²) < 4.78 is 12.2. The molecular formula is C40H36O2. The zero-order chi connectivity index (χ0) is 29.0. The molecule has 0 N–H and O–H groups in total. The number of hydrogen-bond acceptors (Lipinski definition) is 2. The monoisotopic (exact) mass is 548 g/mol. The standard InChI is InChI=1S/C40H36O2/c1-37-21-23-38(2,24-22-37)34-15-7-30(8-16-34)32-11-19-36(20-12-32)40(42-4)27-25-39(41-3,26-28-40)35-17-9-31(10-18-35)29-5-13-33(37)14-6-29/h5-28H,1-4H3/t37-,38?,39?,40-. The molecular weight excluding hydrogens is 512 g/mol.